The highest BCUT2D eigenvalue weighted by Gasteiger charge is 2.09. The number of hydrogen-bond donors (Lipinski definition) is 1. The molecular weight excluding hydrogens is 386 g/mol. The maximum atomic E-state index is 12.0. The lowest BCUT2D eigenvalue weighted by Gasteiger charge is -2.23. The molecule has 0 aliphatic heterocycles. The van der Waals surface area contributed by atoms with Gasteiger partial charge in [-0.2, -0.15) is 0 Å². The van der Waals surface area contributed by atoms with Crippen molar-refractivity contribution < 1.29 is 14.1 Å². The summed E-state index contributed by atoms with van der Waals surface area (Å²) in [5.74, 6) is 0.600. The second-order valence-corrected chi connectivity index (χ2v) is 7.72. The molecule has 2 aromatic heterocycles. The molecule has 1 aromatic carbocycles. The summed E-state index contributed by atoms with van der Waals surface area (Å²) in [5.41, 5.74) is 3.15. The Bertz CT molecular complexity index is 892. The molecule has 0 saturated heterocycles. The third kappa shape index (κ3) is 6.44. The highest BCUT2D eigenvalue weighted by molar-refractivity contribution is 7.13. The van der Waals surface area contributed by atoms with Gasteiger partial charge in [0, 0.05) is 31.4 Å². The summed E-state index contributed by atoms with van der Waals surface area (Å²) in [6.45, 7) is 6.95. The van der Waals surface area contributed by atoms with Crippen LogP contribution in [0, 0.1) is 6.92 Å². The standard InChI is InChI=1S/C22H27N3O3S/c1-3-25(19-8-4-7-17(2)13-19)11-6-10-23-22(26)16-27-15-18-14-20(28-24-18)21-9-5-12-29-21/h4-5,7-9,12-14H,3,6,10-11,15-16H2,1-2H3,(H,23,26). The Hall–Kier alpha value is -2.64. The van der Waals surface area contributed by atoms with E-state index in [0.29, 0.717) is 12.2 Å². The smallest absolute Gasteiger partial charge is 0.246 e. The van der Waals surface area contributed by atoms with Crippen LogP contribution in [0.25, 0.3) is 10.6 Å². The first kappa shape index (κ1) is 21.1. The topological polar surface area (TPSA) is 67.6 Å². The lowest BCUT2D eigenvalue weighted by atomic mass is 10.2. The molecule has 1 amide bonds. The average Bonchev–Trinajstić information content (AvgIpc) is 3.40. The highest BCUT2D eigenvalue weighted by atomic mass is 32.1. The van der Waals surface area contributed by atoms with Gasteiger partial charge in [0.2, 0.25) is 5.91 Å². The number of aromatic nitrogens is 1. The molecule has 3 aromatic rings. The van der Waals surface area contributed by atoms with Crippen LogP contribution in [-0.2, 0) is 16.1 Å². The number of ether oxygens (including phenoxy) is 1. The first-order valence-corrected chi connectivity index (χ1v) is 10.7. The van der Waals surface area contributed by atoms with Crippen molar-refractivity contribution in [2.75, 3.05) is 31.1 Å². The van der Waals surface area contributed by atoms with E-state index in [0.717, 1.165) is 30.1 Å². The number of hydrogen-bond acceptors (Lipinski definition) is 6. The van der Waals surface area contributed by atoms with Crippen molar-refractivity contribution in [3.63, 3.8) is 0 Å². The quantitative estimate of drug-likeness (QED) is 0.476. The molecule has 0 spiro atoms. The maximum absolute atomic E-state index is 12.0. The molecule has 0 radical (unpaired) electrons. The number of amides is 1. The Morgan fingerprint density at radius 2 is 2.17 bits per heavy atom. The van der Waals surface area contributed by atoms with E-state index in [2.05, 4.69) is 53.5 Å². The minimum absolute atomic E-state index is 0.0105. The van der Waals surface area contributed by atoms with E-state index in [4.69, 9.17) is 9.26 Å². The van der Waals surface area contributed by atoms with Crippen LogP contribution in [0.2, 0.25) is 0 Å². The Morgan fingerprint density at radius 1 is 1.28 bits per heavy atom. The third-order valence-corrected chi connectivity index (χ3v) is 5.37. The van der Waals surface area contributed by atoms with Gasteiger partial charge < -0.3 is 19.5 Å². The number of nitrogens with one attached hydrogen (secondary N) is 1. The zero-order valence-corrected chi connectivity index (χ0v) is 17.7. The van der Waals surface area contributed by atoms with Crippen LogP contribution < -0.4 is 10.2 Å². The summed E-state index contributed by atoms with van der Waals surface area (Å²) >= 11 is 1.59. The van der Waals surface area contributed by atoms with Crippen LogP contribution in [0.5, 0.6) is 0 Å². The van der Waals surface area contributed by atoms with Crippen molar-refractivity contribution in [2.45, 2.75) is 26.9 Å². The molecule has 29 heavy (non-hydrogen) atoms. The van der Waals surface area contributed by atoms with Gasteiger partial charge in [0.1, 0.15) is 12.3 Å². The van der Waals surface area contributed by atoms with Crippen molar-refractivity contribution in [1.29, 1.82) is 0 Å². The SMILES string of the molecule is CCN(CCCNC(=O)COCc1cc(-c2cccs2)on1)c1cccc(C)c1. The molecule has 1 N–H and O–H groups in total. The zero-order chi connectivity index (χ0) is 20.5. The van der Waals surface area contributed by atoms with Crippen LogP contribution >= 0.6 is 11.3 Å². The van der Waals surface area contributed by atoms with Crippen LogP contribution in [0.4, 0.5) is 5.69 Å². The van der Waals surface area contributed by atoms with Gasteiger partial charge in [-0.3, -0.25) is 4.79 Å². The van der Waals surface area contributed by atoms with E-state index in [-0.39, 0.29) is 19.1 Å². The fraction of sp³-hybridized carbons (Fsp3) is 0.364. The summed E-state index contributed by atoms with van der Waals surface area (Å²) in [6.07, 6.45) is 0.876. The Balaban J connectivity index is 1.32. The van der Waals surface area contributed by atoms with E-state index >= 15 is 0 Å². The van der Waals surface area contributed by atoms with E-state index in [9.17, 15) is 4.79 Å². The van der Waals surface area contributed by atoms with Gasteiger partial charge in [0.15, 0.2) is 5.76 Å². The molecule has 0 atom stereocenters. The number of aryl methyl sites for hydroxylation is 1. The second kappa shape index (κ2) is 10.8. The third-order valence-electron chi connectivity index (χ3n) is 4.48. The molecule has 0 saturated carbocycles. The van der Waals surface area contributed by atoms with E-state index in [1.807, 2.05) is 23.6 Å². The first-order valence-electron chi connectivity index (χ1n) is 9.81. The number of anilines is 1. The summed E-state index contributed by atoms with van der Waals surface area (Å²) in [7, 11) is 0. The van der Waals surface area contributed by atoms with Crippen LogP contribution in [0.3, 0.4) is 0 Å². The fourth-order valence-corrected chi connectivity index (χ4v) is 3.68. The Kier molecular flexibility index (Phi) is 7.84. The molecule has 0 bridgehead atoms. The minimum Gasteiger partial charge on any atom is -0.372 e. The molecule has 0 fully saturated rings. The van der Waals surface area contributed by atoms with Crippen molar-refractivity contribution in [1.82, 2.24) is 10.5 Å². The van der Waals surface area contributed by atoms with Gasteiger partial charge >= 0.3 is 0 Å². The monoisotopic (exact) mass is 413 g/mol. The van der Waals surface area contributed by atoms with Crippen LogP contribution in [-0.4, -0.2) is 37.3 Å². The number of rotatable bonds is 11. The summed E-state index contributed by atoms with van der Waals surface area (Å²) < 4.78 is 10.8. The predicted molar refractivity (Wildman–Crippen MR) is 116 cm³/mol. The number of carbonyl (C=O) groups is 1. The molecule has 0 aliphatic carbocycles. The summed E-state index contributed by atoms with van der Waals surface area (Å²) in [6, 6.07) is 14.3. The molecular formula is C22H27N3O3S. The number of carbonyl (C=O) groups excluding carboxylic acids is 1. The second-order valence-electron chi connectivity index (χ2n) is 6.77. The molecule has 2 heterocycles. The molecule has 154 valence electrons. The van der Waals surface area contributed by atoms with Crippen molar-refractivity contribution >= 4 is 22.9 Å². The van der Waals surface area contributed by atoms with E-state index in [1.54, 1.807) is 11.3 Å². The minimum atomic E-state index is -0.120. The maximum Gasteiger partial charge on any atom is 0.246 e. The normalized spacial score (nSPS) is 10.8. The van der Waals surface area contributed by atoms with Crippen LogP contribution in [0.1, 0.15) is 24.6 Å². The van der Waals surface area contributed by atoms with E-state index in [1.165, 1.54) is 11.3 Å². The van der Waals surface area contributed by atoms with Gasteiger partial charge in [-0.05, 0) is 49.4 Å². The zero-order valence-electron chi connectivity index (χ0n) is 16.9. The fourth-order valence-electron chi connectivity index (χ4n) is 3.01. The molecule has 0 aliphatic rings. The summed E-state index contributed by atoms with van der Waals surface area (Å²) in [4.78, 5) is 15.3. The van der Waals surface area contributed by atoms with E-state index < -0.39 is 0 Å². The molecule has 7 heteroatoms. The largest absolute Gasteiger partial charge is 0.372 e. The number of nitrogens with zero attached hydrogens (tertiary/aromatic N) is 2. The lowest BCUT2D eigenvalue weighted by molar-refractivity contribution is -0.126. The molecule has 3 rings (SSSR count). The van der Waals surface area contributed by atoms with Crippen molar-refractivity contribution in [2.24, 2.45) is 0 Å². The Labute approximate surface area is 175 Å². The van der Waals surface area contributed by atoms with Crippen LogP contribution in [0.15, 0.2) is 52.4 Å². The average molecular weight is 414 g/mol. The Morgan fingerprint density at radius 3 is 2.93 bits per heavy atom. The first-order chi connectivity index (χ1) is 14.2. The van der Waals surface area contributed by atoms with Gasteiger partial charge in [-0.1, -0.05) is 23.4 Å². The van der Waals surface area contributed by atoms with Crippen molar-refractivity contribution in [3.05, 3.63) is 59.1 Å². The number of thiophene rings is 1. The predicted octanol–water partition coefficient (Wildman–Crippen LogP) is 4.26. The molecule has 0 unspecified atom stereocenters. The van der Waals surface area contributed by atoms with Gasteiger partial charge in [0.25, 0.3) is 0 Å². The van der Waals surface area contributed by atoms with Gasteiger partial charge in [0.05, 0.1) is 11.5 Å². The van der Waals surface area contributed by atoms with Crippen molar-refractivity contribution in [3.8, 4) is 10.6 Å². The summed E-state index contributed by atoms with van der Waals surface area (Å²) in [5, 5.41) is 8.87. The van der Waals surface area contributed by atoms with Gasteiger partial charge in [-0.15, -0.1) is 11.3 Å². The lowest BCUT2D eigenvalue weighted by Crippen LogP contribution is -2.32. The number of benzene rings is 1. The highest BCUT2D eigenvalue weighted by Crippen LogP contribution is 2.25. The van der Waals surface area contributed by atoms with Gasteiger partial charge in [-0.25, -0.2) is 0 Å². The molecule has 6 nitrogen and oxygen atoms in total.